The van der Waals surface area contributed by atoms with Crippen LogP contribution >= 0.6 is 27.3 Å². The molecule has 0 atom stereocenters. The van der Waals surface area contributed by atoms with E-state index in [9.17, 15) is 4.79 Å². The molecule has 126 valence electrons. The highest BCUT2D eigenvalue weighted by Crippen LogP contribution is 2.38. The fraction of sp³-hybridized carbons (Fsp3) is 0.118. The van der Waals surface area contributed by atoms with Gasteiger partial charge in [-0.05, 0) is 27.6 Å². The number of nitrogens with zero attached hydrogens (tertiary/aromatic N) is 3. The van der Waals surface area contributed by atoms with Crippen molar-refractivity contribution in [2.45, 2.75) is 6.61 Å². The number of pyridine rings is 1. The fourth-order valence-corrected chi connectivity index (χ4v) is 4.41. The molecule has 0 aliphatic heterocycles. The van der Waals surface area contributed by atoms with Gasteiger partial charge in [-0.1, -0.05) is 30.3 Å². The van der Waals surface area contributed by atoms with Crippen LogP contribution in [-0.2, 0) is 11.3 Å². The van der Waals surface area contributed by atoms with E-state index in [1.165, 1.54) is 18.4 Å². The molecule has 8 heteroatoms. The highest BCUT2D eigenvalue weighted by atomic mass is 79.9. The Morgan fingerprint density at radius 2 is 2.08 bits per heavy atom. The minimum Gasteiger partial charge on any atom is -0.465 e. The largest absolute Gasteiger partial charge is 0.465 e. The molecule has 3 aromatic heterocycles. The number of methoxy groups -OCH3 is 1. The Hall–Kier alpha value is -2.45. The summed E-state index contributed by atoms with van der Waals surface area (Å²) in [6.07, 6.45) is 1.80. The Morgan fingerprint density at radius 1 is 1.28 bits per heavy atom. The maximum Gasteiger partial charge on any atom is 0.349 e. The average Bonchev–Trinajstić information content (AvgIpc) is 3.20. The van der Waals surface area contributed by atoms with Crippen molar-refractivity contribution in [2.24, 2.45) is 0 Å². The third-order valence-corrected chi connectivity index (χ3v) is 5.85. The van der Waals surface area contributed by atoms with Crippen molar-refractivity contribution in [1.82, 2.24) is 14.6 Å². The van der Waals surface area contributed by atoms with Gasteiger partial charge in [0.05, 0.1) is 17.0 Å². The molecule has 0 radical (unpaired) electrons. The minimum absolute atomic E-state index is 0.286. The summed E-state index contributed by atoms with van der Waals surface area (Å²) in [5, 5.41) is 5.16. The van der Waals surface area contributed by atoms with Gasteiger partial charge in [0, 0.05) is 10.9 Å². The van der Waals surface area contributed by atoms with Gasteiger partial charge < -0.3 is 9.47 Å². The molecule has 4 aromatic rings. The molecule has 25 heavy (non-hydrogen) atoms. The van der Waals surface area contributed by atoms with Gasteiger partial charge in [0.1, 0.15) is 11.5 Å². The Kier molecular flexibility index (Phi) is 4.14. The molecule has 0 bridgehead atoms. The number of ether oxygens (including phenoxy) is 2. The maximum absolute atomic E-state index is 11.9. The van der Waals surface area contributed by atoms with E-state index in [0.29, 0.717) is 21.6 Å². The first kappa shape index (κ1) is 16.0. The molecule has 0 saturated carbocycles. The third-order valence-electron chi connectivity index (χ3n) is 3.66. The summed E-state index contributed by atoms with van der Waals surface area (Å²) in [6, 6.07) is 12.0. The predicted molar refractivity (Wildman–Crippen MR) is 98.2 cm³/mol. The van der Waals surface area contributed by atoms with Crippen LogP contribution in [0.5, 0.6) is 6.01 Å². The van der Waals surface area contributed by atoms with E-state index in [2.05, 4.69) is 26.0 Å². The van der Waals surface area contributed by atoms with Crippen molar-refractivity contribution in [3.63, 3.8) is 0 Å². The fourth-order valence-electron chi connectivity index (χ4n) is 2.48. The van der Waals surface area contributed by atoms with Crippen LogP contribution in [0.15, 0.2) is 47.1 Å². The average molecular weight is 418 g/mol. The molecule has 4 rings (SSSR count). The summed E-state index contributed by atoms with van der Waals surface area (Å²) >= 11 is 4.83. The number of rotatable bonds is 4. The number of carbonyl (C=O) groups excluding carboxylic acids is 1. The first-order chi connectivity index (χ1) is 12.2. The van der Waals surface area contributed by atoms with Crippen LogP contribution in [0, 0.1) is 0 Å². The van der Waals surface area contributed by atoms with Gasteiger partial charge in [-0.2, -0.15) is 4.98 Å². The molecule has 3 heterocycles. The van der Waals surface area contributed by atoms with Crippen LogP contribution in [0.1, 0.15) is 15.2 Å². The smallest absolute Gasteiger partial charge is 0.349 e. The Balaban J connectivity index is 1.73. The number of esters is 1. The van der Waals surface area contributed by atoms with E-state index in [1.54, 1.807) is 10.7 Å². The van der Waals surface area contributed by atoms with E-state index >= 15 is 0 Å². The number of hydrogen-bond donors (Lipinski definition) is 0. The summed E-state index contributed by atoms with van der Waals surface area (Å²) < 4.78 is 13.7. The number of halogens is 1. The summed E-state index contributed by atoms with van der Waals surface area (Å²) in [4.78, 5) is 16.9. The number of benzene rings is 1. The minimum atomic E-state index is -0.383. The zero-order valence-corrected chi connectivity index (χ0v) is 15.5. The SMILES string of the molecule is COC(=O)c1sc2ccn3nc(OCc4ccccc4)nc3c2c1Br. The molecule has 0 saturated heterocycles. The topological polar surface area (TPSA) is 65.7 Å². The van der Waals surface area contributed by atoms with Gasteiger partial charge in [0.25, 0.3) is 0 Å². The number of aromatic nitrogens is 3. The van der Waals surface area contributed by atoms with Gasteiger partial charge >= 0.3 is 12.0 Å². The van der Waals surface area contributed by atoms with E-state index < -0.39 is 0 Å². The summed E-state index contributed by atoms with van der Waals surface area (Å²) in [5.74, 6) is -0.383. The Morgan fingerprint density at radius 3 is 2.84 bits per heavy atom. The second-order valence-electron chi connectivity index (χ2n) is 5.23. The zero-order chi connectivity index (χ0) is 17.4. The molecule has 0 amide bonds. The zero-order valence-electron chi connectivity index (χ0n) is 13.1. The summed E-state index contributed by atoms with van der Waals surface area (Å²) in [7, 11) is 1.36. The van der Waals surface area contributed by atoms with E-state index in [-0.39, 0.29) is 12.0 Å². The van der Waals surface area contributed by atoms with Crippen molar-refractivity contribution in [1.29, 1.82) is 0 Å². The van der Waals surface area contributed by atoms with Gasteiger partial charge in [0.2, 0.25) is 0 Å². The van der Waals surface area contributed by atoms with E-state index in [0.717, 1.165) is 15.6 Å². The van der Waals surface area contributed by atoms with Crippen molar-refractivity contribution in [3.8, 4) is 6.01 Å². The molecular weight excluding hydrogens is 406 g/mol. The Labute approximate surface area is 155 Å². The second kappa shape index (κ2) is 6.45. The lowest BCUT2D eigenvalue weighted by Crippen LogP contribution is -1.98. The van der Waals surface area contributed by atoms with E-state index in [4.69, 9.17) is 9.47 Å². The maximum atomic E-state index is 11.9. The lowest BCUT2D eigenvalue weighted by atomic mass is 10.2. The van der Waals surface area contributed by atoms with Gasteiger partial charge in [0.15, 0.2) is 5.65 Å². The van der Waals surface area contributed by atoms with Crippen LogP contribution in [0.3, 0.4) is 0 Å². The van der Waals surface area contributed by atoms with Crippen LogP contribution < -0.4 is 4.74 Å². The predicted octanol–water partition coefficient (Wildman–Crippen LogP) is 4.07. The van der Waals surface area contributed by atoms with Gasteiger partial charge in [-0.15, -0.1) is 16.4 Å². The molecule has 0 aliphatic carbocycles. The molecule has 0 aliphatic rings. The summed E-state index contributed by atoms with van der Waals surface area (Å²) in [5.41, 5.74) is 1.66. The molecule has 6 nitrogen and oxygen atoms in total. The van der Waals surface area contributed by atoms with Gasteiger partial charge in [-0.25, -0.2) is 9.31 Å². The molecule has 0 unspecified atom stereocenters. The molecular formula is C17H12BrN3O3S. The van der Waals surface area contributed by atoms with E-state index in [1.807, 2.05) is 36.4 Å². The lowest BCUT2D eigenvalue weighted by Gasteiger charge is -2.00. The van der Waals surface area contributed by atoms with Crippen molar-refractivity contribution < 1.29 is 14.3 Å². The highest BCUT2D eigenvalue weighted by Gasteiger charge is 2.21. The number of hydrogen-bond acceptors (Lipinski definition) is 6. The van der Waals surface area contributed by atoms with Crippen LogP contribution in [0.4, 0.5) is 0 Å². The number of fused-ring (bicyclic) bond motifs is 3. The molecule has 0 fully saturated rings. The quantitative estimate of drug-likeness (QED) is 0.468. The van der Waals surface area contributed by atoms with Crippen molar-refractivity contribution in [2.75, 3.05) is 7.11 Å². The normalized spacial score (nSPS) is 11.1. The third kappa shape index (κ3) is 2.87. The van der Waals surface area contributed by atoms with Crippen molar-refractivity contribution in [3.05, 3.63) is 57.5 Å². The van der Waals surface area contributed by atoms with Crippen LogP contribution in [-0.4, -0.2) is 27.7 Å². The first-order valence-corrected chi connectivity index (χ1v) is 9.00. The molecule has 0 spiro atoms. The monoisotopic (exact) mass is 417 g/mol. The van der Waals surface area contributed by atoms with Crippen molar-refractivity contribution >= 4 is 49.0 Å². The number of thiophene rings is 1. The highest BCUT2D eigenvalue weighted by molar-refractivity contribution is 9.10. The second-order valence-corrected chi connectivity index (χ2v) is 7.07. The van der Waals surface area contributed by atoms with Gasteiger partial charge in [-0.3, -0.25) is 0 Å². The molecule has 0 N–H and O–H groups in total. The molecule has 1 aromatic carbocycles. The Bertz CT molecular complexity index is 1080. The summed E-state index contributed by atoms with van der Waals surface area (Å²) in [6.45, 7) is 0.388. The standard InChI is InChI=1S/C17H12BrN3O3S/c1-23-16(22)14-13(18)12-11(25-14)7-8-21-15(12)19-17(20-21)24-9-10-5-3-2-4-6-10/h2-8H,9H2,1H3. The van der Waals surface area contributed by atoms with Crippen LogP contribution in [0.2, 0.25) is 0 Å². The lowest BCUT2D eigenvalue weighted by molar-refractivity contribution is 0.0605. The first-order valence-electron chi connectivity index (χ1n) is 7.40. The number of carbonyl (C=O) groups is 1. The van der Waals surface area contributed by atoms with Crippen LogP contribution in [0.25, 0.3) is 15.7 Å².